The highest BCUT2D eigenvalue weighted by atomic mass is 14.6. The van der Waals surface area contributed by atoms with Crippen molar-refractivity contribution in [2.45, 2.75) is 58.8 Å². The molecule has 0 spiro atoms. The first-order valence-corrected chi connectivity index (χ1v) is 6.20. The van der Waals surface area contributed by atoms with E-state index in [2.05, 4.69) is 20.3 Å². The number of hydrogen-bond donors (Lipinski definition) is 1. The van der Waals surface area contributed by atoms with E-state index in [1.165, 1.54) is 44.9 Å². The molecule has 1 radical (unpaired) electrons. The van der Waals surface area contributed by atoms with Crippen molar-refractivity contribution >= 4 is 0 Å². The maximum Gasteiger partial charge on any atom is -0.00231 e. The van der Waals surface area contributed by atoms with E-state index in [-0.39, 0.29) is 0 Å². The van der Waals surface area contributed by atoms with Crippen LogP contribution in [0.15, 0.2) is 0 Å². The fourth-order valence-corrected chi connectivity index (χ4v) is 2.34. The molecule has 1 aliphatic carbocycles. The molecule has 0 amide bonds. The lowest BCUT2D eigenvalue weighted by Gasteiger charge is -2.33. The smallest absolute Gasteiger partial charge is 0.00231 e. The summed E-state index contributed by atoms with van der Waals surface area (Å²) in [7, 11) is 0. The van der Waals surface area contributed by atoms with Gasteiger partial charge < -0.3 is 5.73 Å². The minimum atomic E-state index is 0.310. The van der Waals surface area contributed by atoms with Crippen molar-refractivity contribution in [2.75, 3.05) is 6.54 Å². The molecule has 0 aliphatic heterocycles. The first-order chi connectivity index (χ1) is 6.67. The van der Waals surface area contributed by atoms with E-state index in [1.54, 1.807) is 0 Å². The molecular weight excluding hydrogens is 170 g/mol. The molecule has 0 saturated heterocycles. The molecule has 14 heavy (non-hydrogen) atoms. The van der Waals surface area contributed by atoms with Gasteiger partial charge in [-0.25, -0.2) is 0 Å². The largest absolute Gasteiger partial charge is 0.330 e. The Kier molecular flexibility index (Phi) is 4.94. The van der Waals surface area contributed by atoms with Crippen molar-refractivity contribution in [3.63, 3.8) is 0 Å². The Labute approximate surface area is 89.5 Å². The minimum Gasteiger partial charge on any atom is -0.330 e. The molecule has 83 valence electrons. The quantitative estimate of drug-likeness (QED) is 0.718. The zero-order chi connectivity index (χ0) is 10.4. The van der Waals surface area contributed by atoms with Gasteiger partial charge >= 0.3 is 0 Å². The molecule has 1 atom stereocenters. The minimum absolute atomic E-state index is 0.310. The van der Waals surface area contributed by atoms with Crippen LogP contribution < -0.4 is 5.73 Å². The Hall–Kier alpha value is -0.0400. The van der Waals surface area contributed by atoms with Crippen LogP contribution in [-0.2, 0) is 0 Å². The van der Waals surface area contributed by atoms with Crippen LogP contribution in [0, 0.1) is 17.8 Å². The Morgan fingerprint density at radius 3 is 2.50 bits per heavy atom. The molecule has 0 aromatic heterocycles. The summed E-state index contributed by atoms with van der Waals surface area (Å²) in [6.07, 6.45) is 12.2. The summed E-state index contributed by atoms with van der Waals surface area (Å²) in [5.74, 6) is 0.741. The second-order valence-corrected chi connectivity index (χ2v) is 5.38. The van der Waals surface area contributed by atoms with Gasteiger partial charge in [0, 0.05) is 0 Å². The van der Waals surface area contributed by atoms with Gasteiger partial charge in [0.2, 0.25) is 0 Å². The van der Waals surface area contributed by atoms with Crippen LogP contribution in [0.4, 0.5) is 0 Å². The summed E-state index contributed by atoms with van der Waals surface area (Å²) in [4.78, 5) is 0. The molecule has 1 saturated carbocycles. The van der Waals surface area contributed by atoms with Gasteiger partial charge in [0.25, 0.3) is 0 Å². The van der Waals surface area contributed by atoms with Gasteiger partial charge in [-0.2, -0.15) is 0 Å². The third-order valence-corrected chi connectivity index (χ3v) is 3.70. The van der Waals surface area contributed by atoms with Crippen molar-refractivity contribution in [1.82, 2.24) is 0 Å². The van der Waals surface area contributed by atoms with Crippen LogP contribution in [0.1, 0.15) is 58.8 Å². The molecule has 0 heterocycles. The summed E-state index contributed by atoms with van der Waals surface area (Å²) in [6, 6.07) is 0. The van der Waals surface area contributed by atoms with Gasteiger partial charge in [-0.1, -0.05) is 46.0 Å². The normalized spacial score (nSPS) is 22.5. The zero-order valence-corrected chi connectivity index (χ0v) is 9.89. The molecule has 1 rings (SSSR count). The third kappa shape index (κ3) is 3.61. The van der Waals surface area contributed by atoms with E-state index in [1.807, 2.05) is 0 Å². The lowest BCUT2D eigenvalue weighted by molar-refractivity contribution is 0.232. The van der Waals surface area contributed by atoms with Crippen molar-refractivity contribution in [2.24, 2.45) is 17.1 Å². The molecule has 1 heteroatoms. The van der Waals surface area contributed by atoms with Crippen LogP contribution in [0.2, 0.25) is 0 Å². The maximum atomic E-state index is 5.85. The molecule has 1 nitrogen and oxygen atoms in total. The molecule has 0 aromatic carbocycles. The SMILES string of the molecule is CC(C)(CN)C1[CH]CCCCCCC1. The summed E-state index contributed by atoms with van der Waals surface area (Å²) in [5.41, 5.74) is 6.16. The molecule has 0 aromatic rings. The van der Waals surface area contributed by atoms with Gasteiger partial charge in [0.15, 0.2) is 0 Å². The Morgan fingerprint density at radius 1 is 1.14 bits per heavy atom. The summed E-state index contributed by atoms with van der Waals surface area (Å²) in [6.45, 7) is 5.44. The zero-order valence-electron chi connectivity index (χ0n) is 9.89. The predicted molar refractivity (Wildman–Crippen MR) is 62.9 cm³/mol. The summed E-state index contributed by atoms with van der Waals surface area (Å²) >= 11 is 0. The lowest BCUT2D eigenvalue weighted by atomic mass is 9.74. The standard InChI is InChI=1S/C13H26N/c1-13(2,11-14)12-9-7-5-3-4-6-8-10-12/h9,12H,3-8,10-11,14H2,1-2H3. The van der Waals surface area contributed by atoms with Crippen molar-refractivity contribution < 1.29 is 0 Å². The number of hydrogen-bond acceptors (Lipinski definition) is 1. The van der Waals surface area contributed by atoms with Crippen molar-refractivity contribution in [3.8, 4) is 0 Å². The van der Waals surface area contributed by atoms with Gasteiger partial charge in [-0.15, -0.1) is 0 Å². The predicted octanol–water partition coefficient (Wildman–Crippen LogP) is 3.54. The van der Waals surface area contributed by atoms with Crippen molar-refractivity contribution in [3.05, 3.63) is 6.42 Å². The van der Waals surface area contributed by atoms with Gasteiger partial charge in [0.05, 0.1) is 0 Å². The lowest BCUT2D eigenvalue weighted by Crippen LogP contribution is -2.32. The van der Waals surface area contributed by atoms with E-state index in [0.717, 1.165) is 12.5 Å². The Morgan fingerprint density at radius 2 is 1.79 bits per heavy atom. The average molecular weight is 196 g/mol. The van der Waals surface area contributed by atoms with Crippen LogP contribution >= 0.6 is 0 Å². The Bertz CT molecular complexity index is 141. The van der Waals surface area contributed by atoms with E-state index in [9.17, 15) is 0 Å². The van der Waals surface area contributed by atoms with Crippen LogP contribution in [0.3, 0.4) is 0 Å². The third-order valence-electron chi connectivity index (χ3n) is 3.70. The van der Waals surface area contributed by atoms with E-state index < -0.39 is 0 Å². The fraction of sp³-hybridized carbons (Fsp3) is 0.923. The van der Waals surface area contributed by atoms with Crippen LogP contribution in [-0.4, -0.2) is 6.54 Å². The highest BCUT2D eigenvalue weighted by Gasteiger charge is 2.27. The van der Waals surface area contributed by atoms with Gasteiger partial charge in [0.1, 0.15) is 0 Å². The molecule has 0 bridgehead atoms. The summed E-state index contributed by atoms with van der Waals surface area (Å²) in [5, 5.41) is 0. The van der Waals surface area contributed by atoms with Crippen molar-refractivity contribution in [1.29, 1.82) is 0 Å². The molecular formula is C13H26N. The maximum absolute atomic E-state index is 5.85. The Balaban J connectivity index is 2.47. The van der Waals surface area contributed by atoms with Gasteiger partial charge in [-0.3, -0.25) is 0 Å². The first kappa shape index (κ1) is 12.0. The average Bonchev–Trinajstić information content (AvgIpc) is 2.30. The highest BCUT2D eigenvalue weighted by Crippen LogP contribution is 2.34. The number of nitrogens with two attached hydrogens (primary N) is 1. The van der Waals surface area contributed by atoms with E-state index in [0.29, 0.717) is 5.41 Å². The van der Waals surface area contributed by atoms with Crippen LogP contribution in [0.5, 0.6) is 0 Å². The fourth-order valence-electron chi connectivity index (χ4n) is 2.34. The number of rotatable bonds is 2. The summed E-state index contributed by atoms with van der Waals surface area (Å²) < 4.78 is 0. The van der Waals surface area contributed by atoms with E-state index >= 15 is 0 Å². The monoisotopic (exact) mass is 196 g/mol. The molecule has 1 unspecified atom stereocenters. The molecule has 1 fully saturated rings. The highest BCUT2D eigenvalue weighted by molar-refractivity contribution is 4.89. The van der Waals surface area contributed by atoms with Crippen LogP contribution in [0.25, 0.3) is 0 Å². The second kappa shape index (κ2) is 5.75. The molecule has 2 N–H and O–H groups in total. The van der Waals surface area contributed by atoms with Gasteiger partial charge in [-0.05, 0) is 37.1 Å². The first-order valence-electron chi connectivity index (χ1n) is 6.20. The van der Waals surface area contributed by atoms with E-state index in [4.69, 9.17) is 5.73 Å². The molecule has 1 aliphatic rings. The second-order valence-electron chi connectivity index (χ2n) is 5.38. The topological polar surface area (TPSA) is 26.0 Å².